The molecule has 4 rings (SSSR count). The van der Waals surface area contributed by atoms with E-state index in [0.717, 1.165) is 44.4 Å². The molecule has 1 heterocycles. The summed E-state index contributed by atoms with van der Waals surface area (Å²) in [7, 11) is 0. The molecule has 3 N–H and O–H groups in total. The van der Waals surface area contributed by atoms with E-state index in [9.17, 15) is 9.90 Å². The molecule has 3 aliphatic carbocycles. The summed E-state index contributed by atoms with van der Waals surface area (Å²) in [5.74, 6) is 2.70. The molecule has 7 atom stereocenters. The van der Waals surface area contributed by atoms with Gasteiger partial charge in [0, 0.05) is 18.8 Å². The number of carbonyl (C=O) groups excluding carboxylic acids is 1. The van der Waals surface area contributed by atoms with Crippen molar-refractivity contribution in [2.45, 2.75) is 70.4 Å². The number of nitrogens with two attached hydrogens (primary N) is 1. The Kier molecular flexibility index (Phi) is 3.04. The van der Waals surface area contributed by atoms with Crippen LogP contribution in [0.4, 0.5) is 0 Å². The van der Waals surface area contributed by atoms with Crippen LogP contribution in [0.15, 0.2) is 4.99 Å². The highest BCUT2D eigenvalue weighted by molar-refractivity contribution is 5.89. The number of carbonyl (C=O) groups is 1. The molecule has 3 saturated carbocycles. The van der Waals surface area contributed by atoms with Crippen LogP contribution in [0.5, 0.6) is 0 Å². The van der Waals surface area contributed by atoms with Crippen molar-refractivity contribution < 1.29 is 9.90 Å². The number of hydrogen-bond acceptors (Lipinski definition) is 4. The van der Waals surface area contributed by atoms with E-state index in [1.165, 1.54) is 0 Å². The number of aliphatic hydroxyl groups is 1. The van der Waals surface area contributed by atoms with Crippen LogP contribution in [-0.4, -0.2) is 28.4 Å². The highest BCUT2D eigenvalue weighted by Gasteiger charge is 2.61. The van der Waals surface area contributed by atoms with E-state index in [2.05, 4.69) is 18.8 Å². The Bertz CT molecular complexity index is 545. The average molecular weight is 304 g/mol. The minimum Gasteiger partial charge on any atom is -0.393 e. The monoisotopic (exact) mass is 304 g/mol. The summed E-state index contributed by atoms with van der Waals surface area (Å²) in [4.78, 5) is 17.7. The zero-order valence-corrected chi connectivity index (χ0v) is 13.7. The molecule has 0 bridgehead atoms. The number of fused-ring (bicyclic) bond motifs is 5. The van der Waals surface area contributed by atoms with Gasteiger partial charge in [-0.3, -0.25) is 9.79 Å². The van der Waals surface area contributed by atoms with Gasteiger partial charge in [-0.25, -0.2) is 0 Å². The summed E-state index contributed by atoms with van der Waals surface area (Å²) in [6.45, 7) is 4.45. The zero-order chi connectivity index (χ0) is 15.7. The zero-order valence-electron chi connectivity index (χ0n) is 13.7. The van der Waals surface area contributed by atoms with Crippen LogP contribution in [-0.2, 0) is 4.79 Å². The van der Waals surface area contributed by atoms with E-state index in [0.29, 0.717) is 30.0 Å². The standard InChI is InChI=1S/C18H28N2O2/c1-17-6-5-11(21)7-10(17)3-4-12-13-8-15(19)20-18(13,2)9-14(22)16(12)17/h10-13,16,21H,3-9H2,1-2H3,(H2,19,20)/t10-,11+,12+,13+,16-,17+,18+/m1/s1. The summed E-state index contributed by atoms with van der Waals surface area (Å²) in [5.41, 5.74) is 5.87. The first kappa shape index (κ1) is 14.7. The van der Waals surface area contributed by atoms with E-state index in [1.54, 1.807) is 0 Å². The van der Waals surface area contributed by atoms with Crippen LogP contribution in [0, 0.1) is 29.1 Å². The van der Waals surface area contributed by atoms with E-state index < -0.39 is 0 Å². The largest absolute Gasteiger partial charge is 0.393 e. The molecule has 4 aliphatic rings. The average Bonchev–Trinajstić information content (AvgIpc) is 2.73. The van der Waals surface area contributed by atoms with Crippen LogP contribution in [0.1, 0.15) is 58.8 Å². The Morgan fingerprint density at radius 1 is 1.27 bits per heavy atom. The van der Waals surface area contributed by atoms with E-state index in [1.807, 2.05) is 0 Å². The van der Waals surface area contributed by atoms with Gasteiger partial charge in [0.15, 0.2) is 0 Å². The molecule has 3 fully saturated rings. The van der Waals surface area contributed by atoms with Gasteiger partial charge in [0.25, 0.3) is 0 Å². The van der Waals surface area contributed by atoms with Crippen molar-refractivity contribution in [3.8, 4) is 0 Å². The smallest absolute Gasteiger partial charge is 0.139 e. The van der Waals surface area contributed by atoms with Crippen LogP contribution in [0.25, 0.3) is 0 Å². The number of amidine groups is 1. The van der Waals surface area contributed by atoms with Gasteiger partial charge in [-0.15, -0.1) is 0 Å². The third-order valence-corrected chi connectivity index (χ3v) is 7.52. The molecule has 1 aliphatic heterocycles. The van der Waals surface area contributed by atoms with Crippen molar-refractivity contribution in [3.05, 3.63) is 0 Å². The topological polar surface area (TPSA) is 75.7 Å². The maximum absolute atomic E-state index is 13.1. The van der Waals surface area contributed by atoms with Crippen LogP contribution in [0.2, 0.25) is 0 Å². The maximum atomic E-state index is 13.1. The number of ketones is 1. The predicted octanol–water partition coefficient (Wildman–Crippen LogP) is 2.29. The summed E-state index contributed by atoms with van der Waals surface area (Å²) in [6, 6.07) is 0. The highest BCUT2D eigenvalue weighted by Crippen LogP contribution is 2.62. The van der Waals surface area contributed by atoms with E-state index in [-0.39, 0.29) is 23.0 Å². The number of nitrogens with zero attached hydrogens (tertiary/aromatic N) is 1. The van der Waals surface area contributed by atoms with Crippen LogP contribution in [0.3, 0.4) is 0 Å². The number of aliphatic imine (C=N–C) groups is 1. The lowest BCUT2D eigenvalue weighted by Crippen LogP contribution is -2.58. The molecule has 0 spiro atoms. The molecule has 122 valence electrons. The number of rotatable bonds is 0. The number of aliphatic hydroxyl groups excluding tert-OH is 1. The summed E-state index contributed by atoms with van der Waals surface area (Å²) >= 11 is 0. The van der Waals surface area contributed by atoms with Gasteiger partial charge < -0.3 is 10.8 Å². The van der Waals surface area contributed by atoms with Gasteiger partial charge in [-0.05, 0) is 62.2 Å². The lowest BCUT2D eigenvalue weighted by Gasteiger charge is -2.58. The minimum atomic E-state index is -0.250. The van der Waals surface area contributed by atoms with Crippen molar-refractivity contribution in [3.63, 3.8) is 0 Å². The summed E-state index contributed by atoms with van der Waals surface area (Å²) in [6.07, 6.45) is 6.24. The summed E-state index contributed by atoms with van der Waals surface area (Å²) < 4.78 is 0. The molecule has 0 saturated heterocycles. The second-order valence-corrected chi connectivity index (χ2v) is 8.76. The van der Waals surface area contributed by atoms with E-state index >= 15 is 0 Å². The molecule has 0 radical (unpaired) electrons. The predicted molar refractivity (Wildman–Crippen MR) is 85.4 cm³/mol. The first-order valence-corrected chi connectivity index (χ1v) is 8.88. The quantitative estimate of drug-likeness (QED) is 0.721. The molecule has 0 aromatic rings. The number of Topliss-reactive ketones (excluding diaryl/α,β-unsaturated/α-hetero) is 1. The van der Waals surface area contributed by atoms with Gasteiger partial charge in [-0.2, -0.15) is 0 Å². The van der Waals surface area contributed by atoms with Crippen molar-refractivity contribution in [1.29, 1.82) is 0 Å². The van der Waals surface area contributed by atoms with Crippen LogP contribution < -0.4 is 5.73 Å². The SMILES string of the molecule is C[C@]12CC[C@H](O)C[C@H]1CC[C@@H]1[C@@H]2C(=O)C[C@]2(C)N=C(N)C[C@@H]12. The molecule has 22 heavy (non-hydrogen) atoms. The molecule has 0 aromatic heterocycles. The second kappa shape index (κ2) is 4.56. The van der Waals surface area contributed by atoms with Gasteiger partial charge in [-0.1, -0.05) is 6.92 Å². The van der Waals surface area contributed by atoms with E-state index in [4.69, 9.17) is 5.73 Å². The molecule has 0 aromatic carbocycles. The number of hydrogen-bond donors (Lipinski definition) is 2. The molecule has 4 nitrogen and oxygen atoms in total. The minimum absolute atomic E-state index is 0.0813. The fraction of sp³-hybridized carbons (Fsp3) is 0.889. The Morgan fingerprint density at radius 2 is 2.05 bits per heavy atom. The fourth-order valence-electron chi connectivity index (χ4n) is 6.49. The molecular formula is C18H28N2O2. The summed E-state index contributed by atoms with van der Waals surface area (Å²) in [5, 5.41) is 10.0. The maximum Gasteiger partial charge on any atom is 0.139 e. The Labute approximate surface area is 132 Å². The highest BCUT2D eigenvalue weighted by atomic mass is 16.3. The second-order valence-electron chi connectivity index (χ2n) is 8.76. The molecule has 0 amide bonds. The normalized spacial score (nSPS) is 54.2. The first-order chi connectivity index (χ1) is 10.3. The van der Waals surface area contributed by atoms with Gasteiger partial charge >= 0.3 is 0 Å². The van der Waals surface area contributed by atoms with Crippen LogP contribution >= 0.6 is 0 Å². The Morgan fingerprint density at radius 3 is 2.82 bits per heavy atom. The van der Waals surface area contributed by atoms with Crippen molar-refractivity contribution in [2.75, 3.05) is 0 Å². The third kappa shape index (κ3) is 1.85. The Balaban J connectivity index is 1.69. The van der Waals surface area contributed by atoms with Gasteiger partial charge in [0.05, 0.1) is 17.5 Å². The molecular weight excluding hydrogens is 276 g/mol. The molecule has 4 heteroatoms. The fourth-order valence-corrected chi connectivity index (χ4v) is 6.49. The lowest BCUT2D eigenvalue weighted by molar-refractivity contribution is -0.154. The van der Waals surface area contributed by atoms with Crippen molar-refractivity contribution >= 4 is 11.6 Å². The third-order valence-electron chi connectivity index (χ3n) is 7.52. The van der Waals surface area contributed by atoms with Gasteiger partial charge in [0.2, 0.25) is 0 Å². The lowest BCUT2D eigenvalue weighted by atomic mass is 9.45. The first-order valence-electron chi connectivity index (χ1n) is 8.88. The van der Waals surface area contributed by atoms with Gasteiger partial charge in [0.1, 0.15) is 5.78 Å². The van der Waals surface area contributed by atoms with Crippen molar-refractivity contribution in [1.82, 2.24) is 0 Å². The van der Waals surface area contributed by atoms with Crippen molar-refractivity contribution in [2.24, 2.45) is 39.8 Å². The molecule has 0 unspecified atom stereocenters. The Hall–Kier alpha value is -0.900.